The normalized spacial score (nSPS) is 20.9. The Labute approximate surface area is 125 Å². The van der Waals surface area contributed by atoms with E-state index in [0.717, 1.165) is 32.4 Å². The van der Waals surface area contributed by atoms with Crippen molar-refractivity contribution < 1.29 is 8.42 Å². The molecule has 5 nitrogen and oxygen atoms in total. The second-order valence-corrected chi connectivity index (χ2v) is 7.64. The minimum absolute atomic E-state index is 0.411. The van der Waals surface area contributed by atoms with E-state index in [0.29, 0.717) is 24.7 Å². The van der Waals surface area contributed by atoms with Crippen LogP contribution in [0.2, 0.25) is 0 Å². The standard InChI is InChI=1S/C13H23N3O2S2/c1-2-6-14-9-12-4-3-7-16(10-12)20(17,18)15-13-5-8-19-11-13/h5,8,11-12,14-15H,2-4,6-7,9-10H2,1H3. The number of piperidine rings is 1. The molecular formula is C13H23N3O2S2. The molecule has 0 aliphatic carbocycles. The van der Waals surface area contributed by atoms with Crippen LogP contribution in [0.25, 0.3) is 0 Å². The van der Waals surface area contributed by atoms with E-state index in [9.17, 15) is 8.42 Å². The van der Waals surface area contributed by atoms with Crippen LogP contribution in [0.3, 0.4) is 0 Å². The summed E-state index contributed by atoms with van der Waals surface area (Å²) in [7, 11) is -3.41. The topological polar surface area (TPSA) is 61.4 Å². The summed E-state index contributed by atoms with van der Waals surface area (Å²) in [6.07, 6.45) is 3.14. The molecule has 1 saturated heterocycles. The third kappa shape index (κ3) is 4.44. The third-order valence-corrected chi connectivity index (χ3v) is 5.64. The van der Waals surface area contributed by atoms with Crippen molar-refractivity contribution in [3.05, 3.63) is 16.8 Å². The van der Waals surface area contributed by atoms with Crippen LogP contribution >= 0.6 is 11.3 Å². The first-order valence-electron chi connectivity index (χ1n) is 7.12. The number of anilines is 1. The van der Waals surface area contributed by atoms with Crippen molar-refractivity contribution in [3.63, 3.8) is 0 Å². The molecule has 0 amide bonds. The van der Waals surface area contributed by atoms with E-state index in [1.54, 1.807) is 10.4 Å². The monoisotopic (exact) mass is 317 g/mol. The Bertz CT molecular complexity index is 488. The summed E-state index contributed by atoms with van der Waals surface area (Å²) in [6.45, 7) is 5.25. The highest BCUT2D eigenvalue weighted by atomic mass is 32.2. The zero-order chi connectivity index (χ0) is 14.4. The van der Waals surface area contributed by atoms with Gasteiger partial charge < -0.3 is 5.32 Å². The fourth-order valence-electron chi connectivity index (χ4n) is 2.43. The molecule has 0 radical (unpaired) electrons. The van der Waals surface area contributed by atoms with Gasteiger partial charge in [0.15, 0.2) is 0 Å². The summed E-state index contributed by atoms with van der Waals surface area (Å²) < 4.78 is 28.9. The molecule has 1 aromatic heterocycles. The minimum atomic E-state index is -3.41. The Hall–Kier alpha value is -0.630. The van der Waals surface area contributed by atoms with Crippen molar-refractivity contribution in [2.45, 2.75) is 26.2 Å². The molecule has 1 unspecified atom stereocenters. The van der Waals surface area contributed by atoms with E-state index in [1.165, 1.54) is 11.3 Å². The Balaban J connectivity index is 1.90. The Morgan fingerprint density at radius 3 is 3.05 bits per heavy atom. The smallest absolute Gasteiger partial charge is 0.301 e. The van der Waals surface area contributed by atoms with E-state index >= 15 is 0 Å². The summed E-state index contributed by atoms with van der Waals surface area (Å²) >= 11 is 1.49. The van der Waals surface area contributed by atoms with Crippen molar-refractivity contribution in [1.82, 2.24) is 9.62 Å². The van der Waals surface area contributed by atoms with Gasteiger partial charge in [-0.05, 0) is 49.7 Å². The third-order valence-electron chi connectivity index (χ3n) is 3.45. The molecular weight excluding hydrogens is 294 g/mol. The van der Waals surface area contributed by atoms with Crippen LogP contribution in [-0.4, -0.2) is 38.9 Å². The van der Waals surface area contributed by atoms with Crippen molar-refractivity contribution in [2.75, 3.05) is 30.9 Å². The lowest BCUT2D eigenvalue weighted by atomic mass is 10.00. The van der Waals surface area contributed by atoms with Crippen LogP contribution < -0.4 is 10.0 Å². The van der Waals surface area contributed by atoms with Crippen LogP contribution in [0.15, 0.2) is 16.8 Å². The predicted molar refractivity (Wildman–Crippen MR) is 84.3 cm³/mol. The van der Waals surface area contributed by atoms with E-state index in [1.807, 2.05) is 10.8 Å². The zero-order valence-corrected chi connectivity index (χ0v) is 13.5. The number of rotatable bonds is 7. The van der Waals surface area contributed by atoms with Crippen molar-refractivity contribution >= 4 is 27.2 Å². The molecule has 114 valence electrons. The molecule has 1 aromatic rings. The van der Waals surface area contributed by atoms with E-state index < -0.39 is 10.2 Å². The number of nitrogens with zero attached hydrogens (tertiary/aromatic N) is 1. The summed E-state index contributed by atoms with van der Waals surface area (Å²) in [5.74, 6) is 0.411. The van der Waals surface area contributed by atoms with Gasteiger partial charge in [0, 0.05) is 18.5 Å². The fourth-order valence-corrected chi connectivity index (χ4v) is 4.42. The molecule has 2 heterocycles. The van der Waals surface area contributed by atoms with Gasteiger partial charge in [0.2, 0.25) is 0 Å². The second-order valence-electron chi connectivity index (χ2n) is 5.19. The van der Waals surface area contributed by atoms with Crippen molar-refractivity contribution in [3.8, 4) is 0 Å². The highest BCUT2D eigenvalue weighted by molar-refractivity contribution is 7.90. The van der Waals surface area contributed by atoms with Crippen LogP contribution in [0, 0.1) is 5.92 Å². The maximum absolute atomic E-state index is 12.3. The van der Waals surface area contributed by atoms with E-state index in [2.05, 4.69) is 17.0 Å². The maximum atomic E-state index is 12.3. The Morgan fingerprint density at radius 1 is 1.50 bits per heavy atom. The van der Waals surface area contributed by atoms with Crippen molar-refractivity contribution in [1.29, 1.82) is 0 Å². The molecule has 2 rings (SSSR count). The van der Waals surface area contributed by atoms with Gasteiger partial charge in [0.1, 0.15) is 0 Å². The van der Waals surface area contributed by atoms with E-state index in [-0.39, 0.29) is 0 Å². The summed E-state index contributed by atoms with van der Waals surface area (Å²) in [6, 6.07) is 1.78. The Kier molecular flexibility index (Phi) is 5.83. The average Bonchev–Trinajstić information content (AvgIpc) is 2.92. The number of nitrogens with one attached hydrogen (secondary N) is 2. The molecule has 0 aromatic carbocycles. The average molecular weight is 317 g/mol. The minimum Gasteiger partial charge on any atom is -0.316 e. The summed E-state index contributed by atoms with van der Waals surface area (Å²) in [5, 5.41) is 7.06. The van der Waals surface area contributed by atoms with Crippen molar-refractivity contribution in [2.24, 2.45) is 5.92 Å². The maximum Gasteiger partial charge on any atom is 0.301 e. The fraction of sp³-hybridized carbons (Fsp3) is 0.692. The van der Waals surface area contributed by atoms with Gasteiger partial charge >= 0.3 is 10.2 Å². The predicted octanol–water partition coefficient (Wildman–Crippen LogP) is 2.12. The Morgan fingerprint density at radius 2 is 2.35 bits per heavy atom. The molecule has 0 spiro atoms. The van der Waals surface area contributed by atoms with Gasteiger partial charge in [0.25, 0.3) is 0 Å². The summed E-state index contributed by atoms with van der Waals surface area (Å²) in [5.41, 5.74) is 0.654. The molecule has 1 aliphatic heterocycles. The molecule has 1 fully saturated rings. The van der Waals surface area contributed by atoms with Crippen LogP contribution in [0.1, 0.15) is 26.2 Å². The lowest BCUT2D eigenvalue weighted by Crippen LogP contribution is -2.45. The molecule has 1 atom stereocenters. The summed E-state index contributed by atoms with van der Waals surface area (Å²) in [4.78, 5) is 0. The quantitative estimate of drug-likeness (QED) is 0.757. The van der Waals surface area contributed by atoms with Gasteiger partial charge in [-0.25, -0.2) is 0 Å². The lowest BCUT2D eigenvalue weighted by Gasteiger charge is -2.32. The van der Waals surface area contributed by atoms with Gasteiger partial charge in [-0.1, -0.05) is 6.92 Å². The first-order chi connectivity index (χ1) is 9.62. The van der Waals surface area contributed by atoms with Crippen LogP contribution in [-0.2, 0) is 10.2 Å². The van der Waals surface area contributed by atoms with Gasteiger partial charge in [0.05, 0.1) is 5.69 Å². The zero-order valence-electron chi connectivity index (χ0n) is 11.8. The molecule has 2 N–H and O–H groups in total. The first kappa shape index (κ1) is 15.8. The number of hydrogen-bond donors (Lipinski definition) is 2. The SMILES string of the molecule is CCCNCC1CCCN(S(=O)(=O)Nc2ccsc2)C1. The van der Waals surface area contributed by atoms with Crippen LogP contribution in [0.4, 0.5) is 5.69 Å². The van der Waals surface area contributed by atoms with Crippen LogP contribution in [0.5, 0.6) is 0 Å². The van der Waals surface area contributed by atoms with Gasteiger partial charge in [-0.2, -0.15) is 24.1 Å². The lowest BCUT2D eigenvalue weighted by molar-refractivity contribution is 0.261. The number of thiophene rings is 1. The molecule has 0 saturated carbocycles. The van der Waals surface area contributed by atoms with Gasteiger partial charge in [-0.3, -0.25) is 4.72 Å². The van der Waals surface area contributed by atoms with E-state index in [4.69, 9.17) is 0 Å². The molecule has 7 heteroatoms. The molecule has 20 heavy (non-hydrogen) atoms. The number of hydrogen-bond acceptors (Lipinski definition) is 4. The van der Waals surface area contributed by atoms with Gasteiger partial charge in [-0.15, -0.1) is 0 Å². The molecule has 0 bridgehead atoms. The largest absolute Gasteiger partial charge is 0.316 e. The second kappa shape index (κ2) is 7.40. The molecule has 1 aliphatic rings. The first-order valence-corrected chi connectivity index (χ1v) is 9.51. The highest BCUT2D eigenvalue weighted by Crippen LogP contribution is 2.21. The highest BCUT2D eigenvalue weighted by Gasteiger charge is 2.28.